The maximum Gasteiger partial charge on any atom is 0.166 e. The van der Waals surface area contributed by atoms with Crippen molar-refractivity contribution >= 4 is 5.78 Å². The van der Waals surface area contributed by atoms with Crippen LogP contribution < -0.4 is 0 Å². The predicted molar refractivity (Wildman–Crippen MR) is 43.6 cm³/mol. The number of ketones is 1. The summed E-state index contributed by atoms with van der Waals surface area (Å²) in [5.41, 5.74) is 1.75. The van der Waals surface area contributed by atoms with Crippen LogP contribution in [0.15, 0.2) is 24.3 Å². The van der Waals surface area contributed by atoms with E-state index >= 15 is 0 Å². The Hall–Kier alpha value is -1.11. The zero-order chi connectivity index (χ0) is 8.77. The van der Waals surface area contributed by atoms with Crippen LogP contribution in [-0.2, 0) is 6.42 Å². The highest BCUT2D eigenvalue weighted by molar-refractivity contribution is 6.01. The maximum absolute atomic E-state index is 11.5. The average Bonchev–Trinajstić information content (AvgIpc) is 2.24. The van der Waals surface area contributed by atoms with Crippen LogP contribution in [0, 0.1) is 5.89 Å². The molecule has 0 fully saturated rings. The van der Waals surface area contributed by atoms with Crippen molar-refractivity contribution in [1.29, 1.82) is 0 Å². The second-order valence-corrected chi connectivity index (χ2v) is 2.94. The Kier molecular flexibility index (Phi) is 1.10. The van der Waals surface area contributed by atoms with Crippen molar-refractivity contribution in [2.45, 2.75) is 13.3 Å². The van der Waals surface area contributed by atoms with Crippen molar-refractivity contribution in [2.75, 3.05) is 0 Å². The summed E-state index contributed by atoms with van der Waals surface area (Å²) >= 11 is 0. The Morgan fingerprint density at radius 1 is 1.55 bits per heavy atom. The number of hydrogen-bond donors (Lipinski definition) is 0. The van der Waals surface area contributed by atoms with Crippen LogP contribution in [0.4, 0.5) is 0 Å². The van der Waals surface area contributed by atoms with Gasteiger partial charge in [-0.1, -0.05) is 31.2 Å². The number of carbonyl (C=O) groups is 1. The van der Waals surface area contributed by atoms with Crippen molar-refractivity contribution in [3.63, 3.8) is 0 Å². The molecule has 2 rings (SSSR count). The second-order valence-electron chi connectivity index (χ2n) is 2.94. The first kappa shape index (κ1) is 5.53. The van der Waals surface area contributed by atoms with E-state index in [1.54, 1.807) is 13.0 Å². The Balaban J connectivity index is 2.57. The van der Waals surface area contributed by atoms with Crippen LogP contribution in [-0.4, -0.2) is 5.78 Å². The van der Waals surface area contributed by atoms with Gasteiger partial charge in [0.2, 0.25) is 0 Å². The van der Waals surface area contributed by atoms with E-state index in [4.69, 9.17) is 1.37 Å². The lowest BCUT2D eigenvalue weighted by atomic mass is 10.1. The van der Waals surface area contributed by atoms with Gasteiger partial charge in [-0.25, -0.2) is 0 Å². The fourth-order valence-electron chi connectivity index (χ4n) is 1.49. The van der Waals surface area contributed by atoms with Crippen LogP contribution in [0.1, 0.15) is 24.2 Å². The van der Waals surface area contributed by atoms with Gasteiger partial charge in [0.1, 0.15) is 0 Å². The lowest BCUT2D eigenvalue weighted by molar-refractivity contribution is 0.0946. The number of Topliss-reactive ketones (excluding diaryl/α,β-unsaturated/α-hetero) is 1. The molecule has 0 saturated carbocycles. The Labute approximate surface area is 67.5 Å². The van der Waals surface area contributed by atoms with Crippen molar-refractivity contribution in [3.05, 3.63) is 35.4 Å². The molecule has 0 saturated heterocycles. The zero-order valence-corrected chi connectivity index (χ0v) is 6.42. The van der Waals surface area contributed by atoms with E-state index in [2.05, 4.69) is 0 Å². The predicted octanol–water partition coefficient (Wildman–Crippen LogP) is 2.06. The molecule has 1 heteroatoms. The van der Waals surface area contributed by atoms with Crippen LogP contribution in [0.2, 0.25) is 0 Å². The molecule has 1 nitrogen and oxygen atoms in total. The van der Waals surface area contributed by atoms with E-state index < -0.39 is 5.89 Å². The first-order valence-electron chi connectivity index (χ1n) is 4.24. The number of hydrogen-bond acceptors (Lipinski definition) is 1. The third-order valence-electron chi connectivity index (χ3n) is 2.11. The summed E-state index contributed by atoms with van der Waals surface area (Å²) in [5.74, 6) is -0.970. The Morgan fingerprint density at radius 2 is 2.27 bits per heavy atom. The zero-order valence-electron chi connectivity index (χ0n) is 7.42. The van der Waals surface area contributed by atoms with Crippen molar-refractivity contribution in [2.24, 2.45) is 5.89 Å². The standard InChI is InChI=1S/C10H10O/c1-7-6-8-4-2-3-5-9(8)10(7)11/h2-5,7H,6H2,1H3/i7D. The lowest BCUT2D eigenvalue weighted by Crippen LogP contribution is -2.02. The monoisotopic (exact) mass is 147 g/mol. The van der Waals surface area contributed by atoms with Gasteiger partial charge in [0.25, 0.3) is 0 Å². The first-order valence-corrected chi connectivity index (χ1v) is 3.74. The molecule has 1 unspecified atom stereocenters. The molecule has 1 aliphatic carbocycles. The van der Waals surface area contributed by atoms with Gasteiger partial charge in [0.15, 0.2) is 5.78 Å². The molecule has 1 aromatic carbocycles. The minimum Gasteiger partial charge on any atom is -0.294 e. The lowest BCUT2D eigenvalue weighted by Gasteiger charge is -1.93. The second kappa shape index (κ2) is 2.19. The number of carbonyl (C=O) groups excluding carboxylic acids is 1. The smallest absolute Gasteiger partial charge is 0.166 e. The number of rotatable bonds is 0. The molecule has 1 aliphatic rings. The molecule has 0 radical (unpaired) electrons. The van der Waals surface area contributed by atoms with E-state index in [0.29, 0.717) is 6.42 Å². The molecule has 1 atom stereocenters. The molecular formula is C10H10O. The fourth-order valence-corrected chi connectivity index (χ4v) is 1.49. The quantitative estimate of drug-likeness (QED) is 0.549. The van der Waals surface area contributed by atoms with Crippen LogP contribution in [0.25, 0.3) is 0 Å². The van der Waals surface area contributed by atoms with Crippen LogP contribution >= 0.6 is 0 Å². The van der Waals surface area contributed by atoms with Gasteiger partial charge < -0.3 is 0 Å². The summed E-state index contributed by atoms with van der Waals surface area (Å²) in [6.07, 6.45) is 0.558. The average molecular weight is 147 g/mol. The highest BCUT2D eigenvalue weighted by Gasteiger charge is 2.25. The molecular weight excluding hydrogens is 136 g/mol. The molecule has 0 amide bonds. The Morgan fingerprint density at radius 3 is 3.00 bits per heavy atom. The fraction of sp³-hybridized carbons (Fsp3) is 0.300. The van der Waals surface area contributed by atoms with E-state index in [1.807, 2.05) is 18.2 Å². The number of fused-ring (bicyclic) bond motifs is 1. The van der Waals surface area contributed by atoms with Crippen molar-refractivity contribution < 1.29 is 6.17 Å². The third-order valence-corrected chi connectivity index (χ3v) is 2.11. The number of benzene rings is 1. The minimum absolute atomic E-state index is 0.0434. The molecule has 56 valence electrons. The largest absolute Gasteiger partial charge is 0.294 e. The van der Waals surface area contributed by atoms with Gasteiger partial charge in [-0.3, -0.25) is 4.79 Å². The Bertz CT molecular complexity index is 341. The molecule has 0 heterocycles. The van der Waals surface area contributed by atoms with E-state index in [0.717, 1.165) is 11.1 Å². The van der Waals surface area contributed by atoms with Crippen molar-refractivity contribution in [1.82, 2.24) is 0 Å². The first-order chi connectivity index (χ1) is 5.61. The summed E-state index contributed by atoms with van der Waals surface area (Å²) in [4.78, 5) is 11.5. The topological polar surface area (TPSA) is 17.1 Å². The minimum atomic E-state index is -0.927. The highest BCUT2D eigenvalue weighted by atomic mass is 16.1. The van der Waals surface area contributed by atoms with Gasteiger partial charge in [0.05, 0.1) is 0 Å². The SMILES string of the molecule is [2H]C1(C)Cc2ccccc2C1=O. The van der Waals surface area contributed by atoms with Gasteiger partial charge >= 0.3 is 0 Å². The van der Waals surface area contributed by atoms with Gasteiger partial charge in [0, 0.05) is 12.8 Å². The van der Waals surface area contributed by atoms with E-state index in [1.165, 1.54) is 0 Å². The molecule has 0 bridgehead atoms. The highest BCUT2D eigenvalue weighted by Crippen LogP contribution is 2.25. The van der Waals surface area contributed by atoms with Gasteiger partial charge in [-0.2, -0.15) is 0 Å². The summed E-state index contributed by atoms with van der Waals surface area (Å²) in [6, 6.07) is 7.48. The molecule has 0 aliphatic heterocycles. The van der Waals surface area contributed by atoms with Gasteiger partial charge in [-0.05, 0) is 12.0 Å². The van der Waals surface area contributed by atoms with Crippen LogP contribution in [0.3, 0.4) is 0 Å². The van der Waals surface area contributed by atoms with Crippen molar-refractivity contribution in [3.8, 4) is 0 Å². The van der Waals surface area contributed by atoms with E-state index in [-0.39, 0.29) is 5.78 Å². The summed E-state index contributed by atoms with van der Waals surface area (Å²) in [6.45, 7) is 1.68. The van der Waals surface area contributed by atoms with Gasteiger partial charge in [-0.15, -0.1) is 0 Å². The molecule has 0 N–H and O–H groups in total. The summed E-state index contributed by atoms with van der Waals surface area (Å²) < 4.78 is 7.73. The molecule has 1 aromatic rings. The maximum atomic E-state index is 11.5. The molecule has 0 aromatic heterocycles. The summed E-state index contributed by atoms with van der Waals surface area (Å²) in [7, 11) is 0. The molecule has 11 heavy (non-hydrogen) atoms. The van der Waals surface area contributed by atoms with E-state index in [9.17, 15) is 4.79 Å². The van der Waals surface area contributed by atoms with Crippen LogP contribution in [0.5, 0.6) is 0 Å². The molecule has 0 spiro atoms. The summed E-state index contributed by atoms with van der Waals surface area (Å²) in [5, 5.41) is 0. The normalized spacial score (nSPS) is 29.9. The third kappa shape index (κ3) is 0.881.